The standard InChI is InChI=1S/C16H23N3S/c1-10-5-11(2)15(12(3)6-10)7-14(19-17)8-16-18-13(4)9-20-16/h5-6,9,14,19H,7-8,17H2,1-4H3. The van der Waals surface area contributed by atoms with Crippen molar-refractivity contribution < 1.29 is 0 Å². The van der Waals surface area contributed by atoms with E-state index in [-0.39, 0.29) is 6.04 Å². The van der Waals surface area contributed by atoms with Gasteiger partial charge in [0.05, 0.1) is 5.01 Å². The molecule has 0 aliphatic heterocycles. The summed E-state index contributed by atoms with van der Waals surface area (Å²) in [5, 5.41) is 3.23. The molecule has 2 rings (SSSR count). The van der Waals surface area contributed by atoms with Crippen LogP contribution in [0.25, 0.3) is 0 Å². The third-order valence-corrected chi connectivity index (χ3v) is 4.60. The topological polar surface area (TPSA) is 50.9 Å². The van der Waals surface area contributed by atoms with Gasteiger partial charge >= 0.3 is 0 Å². The third kappa shape index (κ3) is 3.66. The quantitative estimate of drug-likeness (QED) is 0.657. The zero-order valence-corrected chi connectivity index (χ0v) is 13.5. The summed E-state index contributed by atoms with van der Waals surface area (Å²) in [6, 6.07) is 4.70. The average Bonchev–Trinajstić information content (AvgIpc) is 2.77. The number of aromatic nitrogens is 1. The molecule has 1 atom stereocenters. The van der Waals surface area contributed by atoms with Gasteiger partial charge in [-0.3, -0.25) is 11.3 Å². The lowest BCUT2D eigenvalue weighted by molar-refractivity contribution is 0.519. The van der Waals surface area contributed by atoms with Crippen molar-refractivity contribution in [2.75, 3.05) is 0 Å². The van der Waals surface area contributed by atoms with Crippen LogP contribution < -0.4 is 11.3 Å². The van der Waals surface area contributed by atoms with Gasteiger partial charge in [0.2, 0.25) is 0 Å². The zero-order chi connectivity index (χ0) is 14.7. The fourth-order valence-electron chi connectivity index (χ4n) is 2.68. The third-order valence-electron chi connectivity index (χ3n) is 3.61. The molecule has 1 unspecified atom stereocenters. The van der Waals surface area contributed by atoms with Crippen LogP contribution in [0.4, 0.5) is 0 Å². The molecule has 3 nitrogen and oxygen atoms in total. The molecule has 0 spiro atoms. The molecular formula is C16H23N3S. The molecule has 0 bridgehead atoms. The second-order valence-corrected chi connectivity index (χ2v) is 6.47. The van der Waals surface area contributed by atoms with Crippen molar-refractivity contribution in [3.63, 3.8) is 0 Å². The summed E-state index contributed by atoms with van der Waals surface area (Å²) in [7, 11) is 0. The molecular weight excluding hydrogens is 266 g/mol. The van der Waals surface area contributed by atoms with E-state index in [1.165, 1.54) is 22.3 Å². The highest BCUT2D eigenvalue weighted by molar-refractivity contribution is 7.09. The fraction of sp³-hybridized carbons (Fsp3) is 0.438. The van der Waals surface area contributed by atoms with Crippen molar-refractivity contribution >= 4 is 11.3 Å². The maximum absolute atomic E-state index is 5.73. The smallest absolute Gasteiger partial charge is 0.0944 e. The molecule has 1 aromatic carbocycles. The number of aryl methyl sites for hydroxylation is 4. The predicted molar refractivity (Wildman–Crippen MR) is 86.0 cm³/mol. The first-order chi connectivity index (χ1) is 9.49. The van der Waals surface area contributed by atoms with E-state index in [1.807, 2.05) is 6.92 Å². The SMILES string of the molecule is Cc1cc(C)c(CC(Cc2nc(C)cs2)NN)c(C)c1. The van der Waals surface area contributed by atoms with Gasteiger partial charge in [-0.05, 0) is 50.8 Å². The lowest BCUT2D eigenvalue weighted by Gasteiger charge is -2.18. The lowest BCUT2D eigenvalue weighted by atomic mass is 9.93. The second-order valence-electron chi connectivity index (χ2n) is 5.53. The van der Waals surface area contributed by atoms with Crippen LogP contribution in [0.2, 0.25) is 0 Å². The van der Waals surface area contributed by atoms with Crippen LogP contribution in [0.5, 0.6) is 0 Å². The minimum atomic E-state index is 0.223. The summed E-state index contributed by atoms with van der Waals surface area (Å²) in [5.74, 6) is 5.73. The molecule has 0 saturated carbocycles. The Bertz CT molecular complexity index is 566. The van der Waals surface area contributed by atoms with Gasteiger partial charge in [-0.1, -0.05) is 17.7 Å². The maximum Gasteiger partial charge on any atom is 0.0944 e. The molecule has 0 aliphatic carbocycles. The molecule has 0 radical (unpaired) electrons. The Hall–Kier alpha value is -1.23. The number of hydrazine groups is 1. The van der Waals surface area contributed by atoms with Gasteiger partial charge in [-0.15, -0.1) is 11.3 Å². The van der Waals surface area contributed by atoms with Crippen LogP contribution >= 0.6 is 11.3 Å². The van der Waals surface area contributed by atoms with Gasteiger partial charge in [0.15, 0.2) is 0 Å². The molecule has 2 aromatic rings. The van der Waals surface area contributed by atoms with Gasteiger partial charge in [0.1, 0.15) is 0 Å². The molecule has 0 saturated heterocycles. The highest BCUT2D eigenvalue weighted by Crippen LogP contribution is 2.20. The first kappa shape index (κ1) is 15.2. The second kappa shape index (κ2) is 6.48. The molecule has 0 aliphatic rings. The van der Waals surface area contributed by atoms with Gasteiger partial charge in [-0.25, -0.2) is 4.98 Å². The van der Waals surface area contributed by atoms with Crippen molar-refractivity contribution in [1.82, 2.24) is 10.4 Å². The van der Waals surface area contributed by atoms with E-state index in [9.17, 15) is 0 Å². The molecule has 20 heavy (non-hydrogen) atoms. The Morgan fingerprint density at radius 1 is 1.15 bits per heavy atom. The predicted octanol–water partition coefficient (Wildman–Crippen LogP) is 2.99. The van der Waals surface area contributed by atoms with Crippen LogP contribution in [-0.2, 0) is 12.8 Å². The van der Waals surface area contributed by atoms with E-state index in [1.54, 1.807) is 11.3 Å². The molecule has 0 fully saturated rings. The van der Waals surface area contributed by atoms with E-state index < -0.39 is 0 Å². The van der Waals surface area contributed by atoms with E-state index in [2.05, 4.69) is 48.7 Å². The van der Waals surface area contributed by atoms with Crippen molar-refractivity contribution in [2.24, 2.45) is 5.84 Å². The van der Waals surface area contributed by atoms with E-state index in [0.29, 0.717) is 0 Å². The minimum absolute atomic E-state index is 0.223. The number of rotatable bonds is 5. The van der Waals surface area contributed by atoms with Crippen molar-refractivity contribution in [3.05, 3.63) is 50.5 Å². The first-order valence-electron chi connectivity index (χ1n) is 6.93. The summed E-state index contributed by atoms with van der Waals surface area (Å²) >= 11 is 1.71. The Morgan fingerprint density at radius 2 is 1.80 bits per heavy atom. The van der Waals surface area contributed by atoms with Crippen LogP contribution in [0, 0.1) is 27.7 Å². The van der Waals surface area contributed by atoms with Crippen LogP contribution in [0.1, 0.15) is 33.0 Å². The van der Waals surface area contributed by atoms with Crippen LogP contribution in [0.15, 0.2) is 17.5 Å². The number of hydrogen-bond acceptors (Lipinski definition) is 4. The molecule has 1 heterocycles. The van der Waals surface area contributed by atoms with Crippen molar-refractivity contribution in [1.29, 1.82) is 0 Å². The van der Waals surface area contributed by atoms with E-state index in [4.69, 9.17) is 5.84 Å². The molecule has 0 amide bonds. The Kier molecular flexibility index (Phi) is 4.91. The largest absolute Gasteiger partial charge is 0.271 e. The number of thiazole rings is 1. The zero-order valence-electron chi connectivity index (χ0n) is 12.7. The van der Waals surface area contributed by atoms with Gasteiger partial charge < -0.3 is 0 Å². The highest BCUT2D eigenvalue weighted by Gasteiger charge is 2.14. The van der Waals surface area contributed by atoms with Crippen molar-refractivity contribution in [3.8, 4) is 0 Å². The molecule has 4 heteroatoms. The molecule has 108 valence electrons. The summed E-state index contributed by atoms with van der Waals surface area (Å²) in [4.78, 5) is 4.52. The summed E-state index contributed by atoms with van der Waals surface area (Å²) in [6.07, 6.45) is 1.81. The van der Waals surface area contributed by atoms with Gasteiger partial charge in [0.25, 0.3) is 0 Å². The number of nitrogens with zero attached hydrogens (tertiary/aromatic N) is 1. The molecule has 3 N–H and O–H groups in total. The van der Waals surface area contributed by atoms with Crippen LogP contribution in [-0.4, -0.2) is 11.0 Å². The lowest BCUT2D eigenvalue weighted by Crippen LogP contribution is -2.38. The monoisotopic (exact) mass is 289 g/mol. The van der Waals surface area contributed by atoms with Crippen molar-refractivity contribution in [2.45, 2.75) is 46.6 Å². The Morgan fingerprint density at radius 3 is 2.30 bits per heavy atom. The number of nitrogens with one attached hydrogen (secondary N) is 1. The normalized spacial score (nSPS) is 12.7. The minimum Gasteiger partial charge on any atom is -0.271 e. The average molecular weight is 289 g/mol. The Labute approximate surface area is 125 Å². The van der Waals surface area contributed by atoms with E-state index in [0.717, 1.165) is 23.5 Å². The molecule has 1 aromatic heterocycles. The summed E-state index contributed by atoms with van der Waals surface area (Å²) < 4.78 is 0. The van der Waals surface area contributed by atoms with Gasteiger partial charge in [0, 0.05) is 23.5 Å². The van der Waals surface area contributed by atoms with Crippen LogP contribution in [0.3, 0.4) is 0 Å². The number of nitrogens with two attached hydrogens (primary N) is 1. The number of hydrogen-bond donors (Lipinski definition) is 2. The van der Waals surface area contributed by atoms with E-state index >= 15 is 0 Å². The summed E-state index contributed by atoms with van der Waals surface area (Å²) in [6.45, 7) is 8.52. The Balaban J connectivity index is 2.14. The fourth-order valence-corrected chi connectivity index (χ4v) is 3.53. The maximum atomic E-state index is 5.73. The van der Waals surface area contributed by atoms with Gasteiger partial charge in [-0.2, -0.15) is 0 Å². The first-order valence-corrected chi connectivity index (χ1v) is 7.81. The highest BCUT2D eigenvalue weighted by atomic mass is 32.1. The summed E-state index contributed by atoms with van der Waals surface area (Å²) in [5.41, 5.74) is 9.43. The number of benzene rings is 1.